The molecule has 0 radical (unpaired) electrons. The molecule has 3 atom stereocenters. The van der Waals surface area contributed by atoms with Crippen molar-refractivity contribution >= 4 is 0 Å². The Morgan fingerprint density at radius 2 is 1.81 bits per heavy atom. The van der Waals surface area contributed by atoms with Gasteiger partial charge in [-0.1, -0.05) is 0 Å². The molecule has 3 heterocycles. The van der Waals surface area contributed by atoms with Gasteiger partial charge in [0.2, 0.25) is 0 Å². The third-order valence-electron chi connectivity index (χ3n) is 6.51. The van der Waals surface area contributed by atoms with Crippen LogP contribution in [-0.4, -0.2) is 61.2 Å². The zero-order valence-corrected chi connectivity index (χ0v) is 15.5. The van der Waals surface area contributed by atoms with Crippen molar-refractivity contribution in [3.05, 3.63) is 46.5 Å². The van der Waals surface area contributed by atoms with E-state index in [2.05, 4.69) is 9.80 Å². The molecule has 3 aliphatic heterocycles. The van der Waals surface area contributed by atoms with Crippen LogP contribution in [0.3, 0.4) is 0 Å². The fraction of sp³-hybridized carbons (Fsp3) is 0.619. The first-order valence-corrected chi connectivity index (χ1v) is 10.0. The molecule has 0 aromatic heterocycles. The lowest BCUT2D eigenvalue weighted by molar-refractivity contribution is -0.0469. The van der Waals surface area contributed by atoms with Crippen molar-refractivity contribution in [3.63, 3.8) is 0 Å². The lowest BCUT2D eigenvalue weighted by Gasteiger charge is -2.39. The summed E-state index contributed by atoms with van der Waals surface area (Å²) in [6.07, 6.45) is 2.97. The van der Waals surface area contributed by atoms with Crippen molar-refractivity contribution in [2.75, 3.05) is 39.3 Å². The maximum Gasteiger partial charge on any atom is 0.129 e. The summed E-state index contributed by atoms with van der Waals surface area (Å²) >= 11 is 0. The second-order valence-electron chi connectivity index (χ2n) is 8.70. The largest absolute Gasteiger partial charge is 0.370 e. The van der Waals surface area contributed by atoms with Crippen molar-refractivity contribution in [2.24, 2.45) is 11.7 Å². The van der Waals surface area contributed by atoms with Crippen LogP contribution in [0.25, 0.3) is 0 Å². The van der Waals surface area contributed by atoms with Crippen molar-refractivity contribution in [1.82, 2.24) is 9.80 Å². The van der Waals surface area contributed by atoms with Gasteiger partial charge in [0.1, 0.15) is 17.7 Å². The van der Waals surface area contributed by atoms with E-state index in [1.54, 1.807) is 11.1 Å². The SMILES string of the molecule is NC1CC(N2CC3=C(CN(CC4CC4)C3)C2)COC1c1cc(F)ccc1F. The number of benzene rings is 1. The minimum Gasteiger partial charge on any atom is -0.370 e. The van der Waals surface area contributed by atoms with Gasteiger partial charge < -0.3 is 10.5 Å². The van der Waals surface area contributed by atoms with Gasteiger partial charge in [-0.15, -0.1) is 0 Å². The van der Waals surface area contributed by atoms with Crippen LogP contribution in [0.2, 0.25) is 0 Å². The summed E-state index contributed by atoms with van der Waals surface area (Å²) in [5.74, 6) is 0.0270. The molecule has 1 aliphatic carbocycles. The Kier molecular flexibility index (Phi) is 4.55. The van der Waals surface area contributed by atoms with E-state index < -0.39 is 17.7 Å². The van der Waals surface area contributed by atoms with Crippen molar-refractivity contribution in [3.8, 4) is 0 Å². The summed E-state index contributed by atoms with van der Waals surface area (Å²) < 4.78 is 33.5. The van der Waals surface area contributed by atoms with E-state index >= 15 is 0 Å². The number of nitrogens with zero attached hydrogens (tertiary/aromatic N) is 2. The van der Waals surface area contributed by atoms with Gasteiger partial charge in [0, 0.05) is 50.4 Å². The fourth-order valence-corrected chi connectivity index (χ4v) is 4.89. The molecule has 4 aliphatic rings. The van der Waals surface area contributed by atoms with Crippen molar-refractivity contribution < 1.29 is 13.5 Å². The lowest BCUT2D eigenvalue weighted by atomic mass is 9.93. The Morgan fingerprint density at radius 1 is 1.07 bits per heavy atom. The quantitative estimate of drug-likeness (QED) is 0.821. The average Bonchev–Trinajstić information content (AvgIpc) is 3.24. The number of rotatable bonds is 4. The average molecular weight is 375 g/mol. The van der Waals surface area contributed by atoms with Crippen LogP contribution in [0.4, 0.5) is 8.78 Å². The van der Waals surface area contributed by atoms with Gasteiger partial charge in [-0.05, 0) is 54.5 Å². The zero-order valence-electron chi connectivity index (χ0n) is 15.5. The van der Waals surface area contributed by atoms with Crippen LogP contribution in [0, 0.1) is 17.6 Å². The lowest BCUT2D eigenvalue weighted by Crippen LogP contribution is -2.49. The molecule has 1 saturated carbocycles. The second kappa shape index (κ2) is 6.92. The molecule has 2 N–H and O–H groups in total. The van der Waals surface area contributed by atoms with E-state index in [1.807, 2.05) is 0 Å². The van der Waals surface area contributed by atoms with Crippen molar-refractivity contribution in [2.45, 2.75) is 37.5 Å². The summed E-state index contributed by atoms with van der Waals surface area (Å²) in [5, 5.41) is 0. The Balaban J connectivity index is 1.18. The number of halogens is 2. The first kappa shape index (κ1) is 17.7. The highest BCUT2D eigenvalue weighted by atomic mass is 19.1. The highest BCUT2D eigenvalue weighted by Gasteiger charge is 2.39. The molecule has 27 heavy (non-hydrogen) atoms. The minimum atomic E-state index is -0.576. The Hall–Kier alpha value is -1.34. The van der Waals surface area contributed by atoms with Gasteiger partial charge in [0.25, 0.3) is 0 Å². The van der Waals surface area contributed by atoms with Gasteiger partial charge in [-0.25, -0.2) is 8.78 Å². The fourth-order valence-electron chi connectivity index (χ4n) is 4.89. The monoisotopic (exact) mass is 375 g/mol. The predicted octanol–water partition coefficient (Wildman–Crippen LogP) is 2.46. The highest BCUT2D eigenvalue weighted by Crippen LogP contribution is 2.36. The molecule has 5 rings (SSSR count). The smallest absolute Gasteiger partial charge is 0.129 e. The summed E-state index contributed by atoms with van der Waals surface area (Å²) in [4.78, 5) is 5.04. The third kappa shape index (κ3) is 3.56. The summed E-state index contributed by atoms with van der Waals surface area (Å²) in [6.45, 7) is 5.98. The van der Waals surface area contributed by atoms with Crippen LogP contribution in [0.15, 0.2) is 29.3 Å². The molecule has 1 saturated heterocycles. The van der Waals surface area contributed by atoms with Gasteiger partial charge >= 0.3 is 0 Å². The molecular weight excluding hydrogens is 348 g/mol. The van der Waals surface area contributed by atoms with Crippen LogP contribution in [-0.2, 0) is 4.74 Å². The Morgan fingerprint density at radius 3 is 2.48 bits per heavy atom. The van der Waals surface area contributed by atoms with E-state index in [-0.39, 0.29) is 17.6 Å². The van der Waals surface area contributed by atoms with Gasteiger partial charge in [-0.2, -0.15) is 0 Å². The second-order valence-corrected chi connectivity index (χ2v) is 8.70. The molecular formula is C21H27F2N3O. The predicted molar refractivity (Wildman–Crippen MR) is 99.2 cm³/mol. The summed E-state index contributed by atoms with van der Waals surface area (Å²) in [6, 6.07) is 3.40. The highest BCUT2D eigenvalue weighted by molar-refractivity contribution is 5.31. The number of hydrogen-bond acceptors (Lipinski definition) is 4. The van der Waals surface area contributed by atoms with Crippen molar-refractivity contribution in [1.29, 1.82) is 0 Å². The standard InChI is InChI=1S/C21H27F2N3O/c22-16-3-4-19(23)18(5-16)21-20(24)6-17(12-27-21)26-10-14-8-25(7-13-1-2-13)9-15(14)11-26/h3-5,13,17,20-21H,1-2,6-12,24H2. The molecule has 0 amide bonds. The van der Waals surface area contributed by atoms with Crippen LogP contribution in [0.1, 0.15) is 30.9 Å². The zero-order chi connectivity index (χ0) is 18.5. The molecule has 4 nitrogen and oxygen atoms in total. The summed E-state index contributed by atoms with van der Waals surface area (Å²) in [5.41, 5.74) is 9.70. The van der Waals surface area contributed by atoms with Crippen LogP contribution >= 0.6 is 0 Å². The summed E-state index contributed by atoms with van der Waals surface area (Å²) in [7, 11) is 0. The number of ether oxygens (including phenoxy) is 1. The van der Waals surface area contributed by atoms with Crippen LogP contribution in [0.5, 0.6) is 0 Å². The normalized spacial score (nSPS) is 32.3. The van der Waals surface area contributed by atoms with Crippen LogP contribution < -0.4 is 5.73 Å². The Bertz CT molecular complexity index is 746. The molecule has 3 unspecified atom stereocenters. The maximum atomic E-state index is 14.1. The maximum absolute atomic E-state index is 14.1. The molecule has 0 bridgehead atoms. The first-order valence-electron chi connectivity index (χ1n) is 10.0. The minimum absolute atomic E-state index is 0.235. The molecule has 2 fully saturated rings. The number of hydrogen-bond donors (Lipinski definition) is 1. The van der Waals surface area contributed by atoms with Gasteiger partial charge in [0.15, 0.2) is 0 Å². The van der Waals surface area contributed by atoms with E-state index in [0.29, 0.717) is 6.61 Å². The molecule has 146 valence electrons. The topological polar surface area (TPSA) is 41.7 Å². The van der Waals surface area contributed by atoms with E-state index in [1.165, 1.54) is 25.5 Å². The van der Waals surface area contributed by atoms with Gasteiger partial charge in [0.05, 0.1) is 6.61 Å². The molecule has 0 spiro atoms. The van der Waals surface area contributed by atoms with E-state index in [0.717, 1.165) is 50.7 Å². The van der Waals surface area contributed by atoms with Gasteiger partial charge in [-0.3, -0.25) is 9.80 Å². The third-order valence-corrected chi connectivity index (χ3v) is 6.51. The molecule has 1 aromatic rings. The van der Waals surface area contributed by atoms with E-state index in [4.69, 9.17) is 10.5 Å². The molecule has 6 heteroatoms. The Labute approximate surface area is 158 Å². The number of nitrogens with two attached hydrogens (primary N) is 1. The van der Waals surface area contributed by atoms with E-state index in [9.17, 15) is 8.78 Å². The first-order chi connectivity index (χ1) is 13.1. The molecule has 1 aromatic carbocycles.